The summed E-state index contributed by atoms with van der Waals surface area (Å²) in [6.07, 6.45) is 1.20. The third-order valence-corrected chi connectivity index (χ3v) is 4.04. The quantitative estimate of drug-likeness (QED) is 0.781. The Morgan fingerprint density at radius 1 is 1.20 bits per heavy atom. The summed E-state index contributed by atoms with van der Waals surface area (Å²) in [5.74, 6) is 0.933. The highest BCUT2D eigenvalue weighted by molar-refractivity contribution is 5.21. The van der Waals surface area contributed by atoms with Crippen molar-refractivity contribution in [2.24, 2.45) is 11.8 Å². The van der Waals surface area contributed by atoms with Crippen LogP contribution >= 0.6 is 0 Å². The van der Waals surface area contributed by atoms with Gasteiger partial charge in [0.1, 0.15) is 5.82 Å². The molecule has 0 bridgehead atoms. The first-order valence-electron chi connectivity index (χ1n) is 7.59. The van der Waals surface area contributed by atoms with Crippen molar-refractivity contribution < 1.29 is 4.39 Å². The second-order valence-electron chi connectivity index (χ2n) is 6.00. The van der Waals surface area contributed by atoms with Gasteiger partial charge in [-0.2, -0.15) is 0 Å². The van der Waals surface area contributed by atoms with Crippen LogP contribution in [0.3, 0.4) is 0 Å². The molecule has 0 radical (unpaired) electrons. The van der Waals surface area contributed by atoms with Crippen LogP contribution in [0.5, 0.6) is 0 Å². The molecule has 20 heavy (non-hydrogen) atoms. The topological polar surface area (TPSA) is 15.3 Å². The van der Waals surface area contributed by atoms with E-state index in [1.165, 1.54) is 12.5 Å². The molecule has 3 heteroatoms. The molecule has 0 aliphatic heterocycles. The number of nitrogens with zero attached hydrogens (tertiary/aromatic N) is 1. The van der Waals surface area contributed by atoms with Crippen LogP contribution in [0.25, 0.3) is 0 Å². The molecule has 1 N–H and O–H groups in total. The smallest absolute Gasteiger partial charge is 0.127 e. The van der Waals surface area contributed by atoms with Crippen molar-refractivity contribution in [2.45, 2.75) is 33.2 Å². The number of hydrogen-bond donors (Lipinski definition) is 1. The van der Waals surface area contributed by atoms with Crippen molar-refractivity contribution in [1.29, 1.82) is 0 Å². The van der Waals surface area contributed by atoms with Gasteiger partial charge < -0.3 is 10.2 Å². The van der Waals surface area contributed by atoms with Gasteiger partial charge in [0.05, 0.1) is 0 Å². The molecular weight excluding hydrogens is 251 g/mol. The lowest BCUT2D eigenvalue weighted by atomic mass is 9.93. The van der Waals surface area contributed by atoms with Gasteiger partial charge in [-0.05, 0) is 32.0 Å². The summed E-state index contributed by atoms with van der Waals surface area (Å²) in [5, 5.41) is 3.26. The molecule has 1 rings (SSSR count). The molecule has 0 fully saturated rings. The summed E-state index contributed by atoms with van der Waals surface area (Å²) >= 11 is 0. The minimum absolute atomic E-state index is 0.0515. The first kappa shape index (κ1) is 17.1. The lowest BCUT2D eigenvalue weighted by molar-refractivity contribution is 0.222. The maximum atomic E-state index is 13.9. The molecule has 0 aliphatic carbocycles. The standard InChI is InChI=1S/C17H29FN2/c1-6-13(2)11-20(5)12-14(3)17(19-4)15-9-7-8-10-16(15)18/h7-10,13-14,17,19H,6,11-12H2,1-5H3. The van der Waals surface area contributed by atoms with Gasteiger partial charge in [-0.15, -0.1) is 0 Å². The van der Waals surface area contributed by atoms with E-state index in [1.807, 2.05) is 19.2 Å². The van der Waals surface area contributed by atoms with E-state index in [4.69, 9.17) is 0 Å². The van der Waals surface area contributed by atoms with Crippen molar-refractivity contribution in [3.8, 4) is 0 Å². The summed E-state index contributed by atoms with van der Waals surface area (Å²) in [6, 6.07) is 7.11. The summed E-state index contributed by atoms with van der Waals surface area (Å²) < 4.78 is 13.9. The number of nitrogens with one attached hydrogen (secondary N) is 1. The molecule has 1 aromatic carbocycles. The molecule has 0 aliphatic rings. The average molecular weight is 280 g/mol. The van der Waals surface area contributed by atoms with E-state index in [2.05, 4.69) is 38.0 Å². The van der Waals surface area contributed by atoms with E-state index in [1.54, 1.807) is 6.07 Å². The van der Waals surface area contributed by atoms with Crippen LogP contribution < -0.4 is 5.32 Å². The van der Waals surface area contributed by atoms with E-state index in [0.717, 1.165) is 18.7 Å². The predicted octanol–water partition coefficient (Wildman–Crippen LogP) is 3.70. The molecule has 0 amide bonds. The first-order chi connectivity index (χ1) is 9.49. The highest BCUT2D eigenvalue weighted by Gasteiger charge is 2.21. The Labute approximate surface area is 123 Å². The van der Waals surface area contributed by atoms with Gasteiger partial charge in [0.2, 0.25) is 0 Å². The normalized spacial score (nSPS) is 16.1. The van der Waals surface area contributed by atoms with Gasteiger partial charge >= 0.3 is 0 Å². The van der Waals surface area contributed by atoms with Gasteiger partial charge in [-0.1, -0.05) is 45.4 Å². The third-order valence-electron chi connectivity index (χ3n) is 4.04. The van der Waals surface area contributed by atoms with E-state index in [-0.39, 0.29) is 11.9 Å². The number of benzene rings is 1. The molecule has 0 saturated heterocycles. The van der Waals surface area contributed by atoms with E-state index < -0.39 is 0 Å². The Morgan fingerprint density at radius 2 is 1.85 bits per heavy atom. The van der Waals surface area contributed by atoms with Gasteiger partial charge in [-0.3, -0.25) is 0 Å². The maximum Gasteiger partial charge on any atom is 0.127 e. The second kappa shape index (κ2) is 8.38. The second-order valence-corrected chi connectivity index (χ2v) is 6.00. The zero-order valence-corrected chi connectivity index (χ0v) is 13.5. The van der Waals surface area contributed by atoms with E-state index in [0.29, 0.717) is 11.8 Å². The van der Waals surface area contributed by atoms with Gasteiger partial charge in [0.15, 0.2) is 0 Å². The van der Waals surface area contributed by atoms with E-state index in [9.17, 15) is 4.39 Å². The lowest BCUT2D eigenvalue weighted by Gasteiger charge is -2.29. The molecule has 0 spiro atoms. The molecular formula is C17H29FN2. The molecule has 3 unspecified atom stereocenters. The summed E-state index contributed by atoms with van der Waals surface area (Å²) in [5.41, 5.74) is 0.763. The molecule has 0 heterocycles. The van der Waals surface area contributed by atoms with Crippen LogP contribution in [0.1, 0.15) is 38.8 Å². The van der Waals surface area contributed by atoms with Crippen LogP contribution in [0.2, 0.25) is 0 Å². The lowest BCUT2D eigenvalue weighted by Crippen LogP contribution is -2.35. The van der Waals surface area contributed by atoms with Crippen molar-refractivity contribution in [3.05, 3.63) is 35.6 Å². The van der Waals surface area contributed by atoms with Gasteiger partial charge in [0.25, 0.3) is 0 Å². The number of rotatable bonds is 8. The fourth-order valence-corrected chi connectivity index (χ4v) is 2.81. The zero-order chi connectivity index (χ0) is 15.1. The summed E-state index contributed by atoms with van der Waals surface area (Å²) in [7, 11) is 4.05. The predicted molar refractivity (Wildman–Crippen MR) is 84.3 cm³/mol. The SMILES string of the molecule is CCC(C)CN(C)CC(C)C(NC)c1ccccc1F. The van der Waals surface area contributed by atoms with Crippen LogP contribution in [-0.2, 0) is 0 Å². The van der Waals surface area contributed by atoms with Crippen LogP contribution in [0.4, 0.5) is 4.39 Å². The third kappa shape index (κ3) is 4.88. The molecule has 114 valence electrons. The minimum Gasteiger partial charge on any atom is -0.313 e. The Morgan fingerprint density at radius 3 is 2.40 bits per heavy atom. The van der Waals surface area contributed by atoms with Gasteiger partial charge in [0, 0.05) is 24.7 Å². The monoisotopic (exact) mass is 280 g/mol. The Hall–Kier alpha value is -0.930. The largest absolute Gasteiger partial charge is 0.313 e. The van der Waals surface area contributed by atoms with Crippen LogP contribution in [0.15, 0.2) is 24.3 Å². The maximum absolute atomic E-state index is 13.9. The first-order valence-corrected chi connectivity index (χ1v) is 7.59. The fraction of sp³-hybridized carbons (Fsp3) is 0.647. The van der Waals surface area contributed by atoms with Gasteiger partial charge in [-0.25, -0.2) is 4.39 Å². The minimum atomic E-state index is -0.122. The molecule has 3 atom stereocenters. The summed E-state index contributed by atoms with van der Waals surface area (Å²) in [4.78, 5) is 2.35. The van der Waals surface area contributed by atoms with Crippen molar-refractivity contribution >= 4 is 0 Å². The fourth-order valence-electron chi connectivity index (χ4n) is 2.81. The highest BCUT2D eigenvalue weighted by Crippen LogP contribution is 2.24. The molecule has 2 nitrogen and oxygen atoms in total. The zero-order valence-electron chi connectivity index (χ0n) is 13.5. The van der Waals surface area contributed by atoms with Crippen molar-refractivity contribution in [2.75, 3.05) is 27.2 Å². The van der Waals surface area contributed by atoms with E-state index >= 15 is 0 Å². The molecule has 0 saturated carbocycles. The van der Waals surface area contributed by atoms with Crippen molar-refractivity contribution in [3.63, 3.8) is 0 Å². The van der Waals surface area contributed by atoms with Crippen LogP contribution in [0, 0.1) is 17.7 Å². The van der Waals surface area contributed by atoms with Crippen LogP contribution in [-0.4, -0.2) is 32.1 Å². The number of halogens is 1. The van der Waals surface area contributed by atoms with Crippen molar-refractivity contribution in [1.82, 2.24) is 10.2 Å². The average Bonchev–Trinajstić information content (AvgIpc) is 2.41. The Balaban J connectivity index is 2.68. The molecule has 1 aromatic rings. The summed E-state index contributed by atoms with van der Waals surface area (Å²) in [6.45, 7) is 8.73. The Kier molecular flexibility index (Phi) is 7.17. The number of hydrogen-bond acceptors (Lipinski definition) is 2. The highest BCUT2D eigenvalue weighted by atomic mass is 19.1. The molecule has 0 aromatic heterocycles. The Bertz CT molecular complexity index is 394.